The smallest absolute Gasteiger partial charge is 0.248 e. The molecule has 31 heavy (non-hydrogen) atoms. The van der Waals surface area contributed by atoms with Crippen LogP contribution >= 0.6 is 0 Å². The molecule has 176 valence electrons. The second kappa shape index (κ2) is 15.4. The number of carbonyl (C=O) groups excluding carboxylic acids is 2. The van der Waals surface area contributed by atoms with E-state index in [9.17, 15) is 9.59 Å². The Balaban J connectivity index is 0.000000539. The Hall–Kier alpha value is -2.38. The number of aryl methyl sites for hydroxylation is 1. The van der Waals surface area contributed by atoms with Gasteiger partial charge in [0.25, 0.3) is 0 Å². The van der Waals surface area contributed by atoms with Gasteiger partial charge in [-0.2, -0.15) is 4.68 Å². The first-order valence-corrected chi connectivity index (χ1v) is 11.5. The summed E-state index contributed by atoms with van der Waals surface area (Å²) >= 11 is 0. The molecule has 0 saturated heterocycles. The third-order valence-electron chi connectivity index (χ3n) is 3.92. The molecule has 0 radical (unpaired) electrons. The van der Waals surface area contributed by atoms with E-state index in [1.807, 2.05) is 41.5 Å². The Kier molecular flexibility index (Phi) is 14.2. The molecule has 0 saturated carbocycles. The van der Waals surface area contributed by atoms with E-state index in [1.165, 1.54) is 4.68 Å². The van der Waals surface area contributed by atoms with E-state index in [0.717, 1.165) is 25.1 Å². The minimum Gasteiger partial charge on any atom is -0.292 e. The highest BCUT2D eigenvalue weighted by molar-refractivity contribution is 5.94. The Bertz CT molecular complexity index is 762. The van der Waals surface area contributed by atoms with Gasteiger partial charge in [-0.1, -0.05) is 79.2 Å². The van der Waals surface area contributed by atoms with Gasteiger partial charge in [0, 0.05) is 19.4 Å². The van der Waals surface area contributed by atoms with Gasteiger partial charge >= 0.3 is 0 Å². The van der Waals surface area contributed by atoms with Crippen molar-refractivity contribution in [2.75, 3.05) is 0 Å². The van der Waals surface area contributed by atoms with Crippen LogP contribution in [-0.4, -0.2) is 41.7 Å². The molecule has 0 aliphatic carbocycles. The highest BCUT2D eigenvalue weighted by Gasteiger charge is 2.15. The zero-order valence-electron chi connectivity index (χ0n) is 20.9. The number of aromatic nitrogens is 6. The van der Waals surface area contributed by atoms with Crippen LogP contribution in [0.2, 0.25) is 0 Å². The van der Waals surface area contributed by atoms with Crippen molar-refractivity contribution in [1.82, 2.24) is 30.0 Å². The first-order valence-electron chi connectivity index (χ1n) is 11.5. The number of rotatable bonds is 9. The predicted octanol–water partition coefficient (Wildman–Crippen LogP) is 5.11. The third kappa shape index (κ3) is 11.5. The van der Waals surface area contributed by atoms with E-state index >= 15 is 0 Å². The summed E-state index contributed by atoms with van der Waals surface area (Å²) in [7, 11) is 0. The van der Waals surface area contributed by atoms with Gasteiger partial charge in [-0.3, -0.25) is 9.59 Å². The summed E-state index contributed by atoms with van der Waals surface area (Å²) in [6.45, 7) is 19.1. The molecule has 0 amide bonds. The van der Waals surface area contributed by atoms with Gasteiger partial charge < -0.3 is 0 Å². The summed E-state index contributed by atoms with van der Waals surface area (Å²) in [5.74, 6) is 1.36. The Labute approximate surface area is 187 Å². The van der Waals surface area contributed by atoms with Gasteiger partial charge in [-0.05, 0) is 24.2 Å². The molecule has 2 aromatic heterocycles. The minimum atomic E-state index is 0.0230. The fraction of sp³-hybridized carbons (Fsp3) is 0.739. The van der Waals surface area contributed by atoms with E-state index in [-0.39, 0.29) is 11.7 Å². The fourth-order valence-electron chi connectivity index (χ4n) is 2.66. The highest BCUT2D eigenvalue weighted by atomic mass is 16.2. The van der Waals surface area contributed by atoms with E-state index in [2.05, 4.69) is 41.4 Å². The Morgan fingerprint density at radius 3 is 2.06 bits per heavy atom. The zero-order valence-corrected chi connectivity index (χ0v) is 20.9. The van der Waals surface area contributed by atoms with Gasteiger partial charge in [-0.25, -0.2) is 4.68 Å². The lowest BCUT2D eigenvalue weighted by atomic mass is 10.1. The summed E-state index contributed by atoms with van der Waals surface area (Å²) in [5, 5.41) is 15.5. The number of hydrogen-bond acceptors (Lipinski definition) is 6. The molecule has 2 rings (SSSR count). The van der Waals surface area contributed by atoms with E-state index < -0.39 is 0 Å². The third-order valence-corrected chi connectivity index (χ3v) is 3.92. The van der Waals surface area contributed by atoms with Crippen LogP contribution in [0, 0.1) is 17.8 Å². The lowest BCUT2D eigenvalue weighted by molar-refractivity contribution is 0.0867. The summed E-state index contributed by atoms with van der Waals surface area (Å²) in [4.78, 5) is 23.4. The van der Waals surface area contributed by atoms with Crippen molar-refractivity contribution in [3.63, 3.8) is 0 Å². The summed E-state index contributed by atoms with van der Waals surface area (Å²) < 4.78 is 3.06. The first kappa shape index (κ1) is 28.6. The van der Waals surface area contributed by atoms with Crippen molar-refractivity contribution in [2.45, 2.75) is 94.5 Å². The van der Waals surface area contributed by atoms with Crippen LogP contribution in [0.15, 0.2) is 12.4 Å². The molecule has 2 aromatic rings. The molecule has 0 N–H and O–H groups in total. The van der Waals surface area contributed by atoms with Gasteiger partial charge in [0.15, 0.2) is 5.78 Å². The monoisotopic (exact) mass is 434 g/mol. The maximum Gasteiger partial charge on any atom is 0.248 e. The maximum absolute atomic E-state index is 11.8. The normalized spacial score (nSPS) is 10.6. The maximum atomic E-state index is 11.8. The molecule has 2 heterocycles. The van der Waals surface area contributed by atoms with Crippen LogP contribution < -0.4 is 0 Å². The number of ketones is 1. The molecule has 0 spiro atoms. The van der Waals surface area contributed by atoms with Crippen molar-refractivity contribution >= 4 is 11.7 Å². The summed E-state index contributed by atoms with van der Waals surface area (Å²) in [6.07, 6.45) is 6.29. The number of nitrogens with zero attached hydrogens (tertiary/aromatic N) is 6. The topological polar surface area (TPSA) is 95.6 Å². The quantitative estimate of drug-likeness (QED) is 0.509. The Morgan fingerprint density at radius 1 is 0.935 bits per heavy atom. The van der Waals surface area contributed by atoms with Crippen LogP contribution in [0.5, 0.6) is 0 Å². The SMILES string of the molecule is CC.CC(C)CC(=O)c1cnnn1CC(C)C.CCCc1cn(C(=O)CC(C)C)nn1. The molecular weight excluding hydrogens is 392 g/mol. The largest absolute Gasteiger partial charge is 0.292 e. The minimum absolute atomic E-state index is 0.0230. The molecule has 0 aromatic carbocycles. The van der Waals surface area contributed by atoms with Crippen molar-refractivity contribution in [1.29, 1.82) is 0 Å². The van der Waals surface area contributed by atoms with Gasteiger partial charge in [-0.15, -0.1) is 10.2 Å². The van der Waals surface area contributed by atoms with Crippen molar-refractivity contribution in [3.05, 3.63) is 23.8 Å². The molecule has 0 bridgehead atoms. The average molecular weight is 435 g/mol. The number of hydrogen-bond donors (Lipinski definition) is 0. The van der Waals surface area contributed by atoms with Crippen LogP contribution in [0.3, 0.4) is 0 Å². The summed E-state index contributed by atoms with van der Waals surface area (Å²) in [5.41, 5.74) is 1.53. The zero-order chi connectivity index (χ0) is 24.0. The van der Waals surface area contributed by atoms with Crippen LogP contribution in [0.4, 0.5) is 0 Å². The lowest BCUT2D eigenvalue weighted by Gasteiger charge is -2.08. The second-order valence-corrected chi connectivity index (χ2v) is 8.61. The molecule has 8 heteroatoms. The van der Waals surface area contributed by atoms with Crippen LogP contribution in [0.25, 0.3) is 0 Å². The second-order valence-electron chi connectivity index (χ2n) is 8.61. The van der Waals surface area contributed by atoms with Crippen molar-refractivity contribution in [2.24, 2.45) is 17.8 Å². The van der Waals surface area contributed by atoms with E-state index in [0.29, 0.717) is 36.3 Å². The standard InChI is InChI=1S/C11H19N3O.C10H17N3O.C2H6/c1-8(2)5-11(15)10-6-12-13-14(10)7-9(3)4;1-4-5-9-7-13(12-11-9)10(14)6-8(2)3;1-2/h6,8-9H,5,7H2,1-4H3;7-8H,4-6H2,1-3H3;1-2H3. The van der Waals surface area contributed by atoms with Crippen LogP contribution in [0.1, 0.15) is 103 Å². The van der Waals surface area contributed by atoms with Crippen molar-refractivity contribution < 1.29 is 9.59 Å². The molecular formula is C23H42N6O2. The highest BCUT2D eigenvalue weighted by Crippen LogP contribution is 2.09. The van der Waals surface area contributed by atoms with Gasteiger partial charge in [0.2, 0.25) is 5.91 Å². The first-order chi connectivity index (χ1) is 14.6. The summed E-state index contributed by atoms with van der Waals surface area (Å²) in [6, 6.07) is 0. The van der Waals surface area contributed by atoms with E-state index in [1.54, 1.807) is 17.1 Å². The average Bonchev–Trinajstić information content (AvgIpc) is 3.32. The molecule has 0 atom stereocenters. The molecule has 0 unspecified atom stereocenters. The van der Waals surface area contributed by atoms with E-state index in [4.69, 9.17) is 0 Å². The number of carbonyl (C=O) groups is 2. The van der Waals surface area contributed by atoms with Gasteiger partial charge in [0.05, 0.1) is 18.1 Å². The molecule has 0 aliphatic heterocycles. The molecule has 0 fully saturated rings. The van der Waals surface area contributed by atoms with Crippen LogP contribution in [-0.2, 0) is 13.0 Å². The number of Topliss-reactive ketones (excluding diaryl/α,β-unsaturated/α-hetero) is 1. The fourth-order valence-corrected chi connectivity index (χ4v) is 2.66. The van der Waals surface area contributed by atoms with Crippen molar-refractivity contribution in [3.8, 4) is 0 Å². The molecule has 8 nitrogen and oxygen atoms in total. The van der Waals surface area contributed by atoms with Gasteiger partial charge in [0.1, 0.15) is 5.69 Å². The Morgan fingerprint density at radius 2 is 1.55 bits per heavy atom. The molecule has 0 aliphatic rings. The lowest BCUT2D eigenvalue weighted by Crippen LogP contribution is -2.15. The predicted molar refractivity (Wildman–Crippen MR) is 124 cm³/mol.